The fourth-order valence-corrected chi connectivity index (χ4v) is 2.88. The number of piperazine rings is 1. The molecule has 0 aromatic heterocycles. The van der Waals surface area contributed by atoms with Crippen molar-refractivity contribution in [1.82, 2.24) is 15.1 Å². The number of halogens is 1. The molecule has 0 radical (unpaired) electrons. The highest BCUT2D eigenvalue weighted by atomic mass is 35.5. The van der Waals surface area contributed by atoms with Gasteiger partial charge >= 0.3 is 0 Å². The quantitative estimate of drug-likeness (QED) is 0.718. The first-order valence-electron chi connectivity index (χ1n) is 6.71. The maximum Gasteiger partial charge on any atom is 0.236 e. The minimum Gasteiger partial charge on any atom is -0.339 e. The van der Waals surface area contributed by atoms with E-state index in [0.717, 1.165) is 26.2 Å². The maximum atomic E-state index is 12.0. The molecule has 0 aliphatic carbocycles. The highest BCUT2D eigenvalue weighted by Crippen LogP contribution is 2.02. The Hall–Kier alpha value is -0.370. The standard InChI is InChI=1S/C12H25N3O3S.ClH/c1-11(2)19(17,18)9-8-14(3)10-12(16)15-6-4-13-5-7-15;/h11,13H,4-10H2,1-3H3;1H. The van der Waals surface area contributed by atoms with Crippen LogP contribution < -0.4 is 5.32 Å². The van der Waals surface area contributed by atoms with Crippen molar-refractivity contribution in [2.75, 3.05) is 52.1 Å². The molecule has 1 rings (SSSR count). The fraction of sp³-hybridized carbons (Fsp3) is 0.917. The van der Waals surface area contributed by atoms with Gasteiger partial charge in [-0.05, 0) is 20.9 Å². The normalized spacial score (nSPS) is 16.4. The first-order valence-corrected chi connectivity index (χ1v) is 8.43. The van der Waals surface area contributed by atoms with Crippen molar-refractivity contribution in [3.8, 4) is 0 Å². The van der Waals surface area contributed by atoms with E-state index in [0.29, 0.717) is 6.54 Å². The van der Waals surface area contributed by atoms with Crippen LogP contribution in [-0.2, 0) is 14.6 Å². The van der Waals surface area contributed by atoms with E-state index in [1.165, 1.54) is 0 Å². The number of nitrogens with one attached hydrogen (secondary N) is 1. The van der Waals surface area contributed by atoms with E-state index in [1.807, 2.05) is 4.90 Å². The van der Waals surface area contributed by atoms with E-state index in [2.05, 4.69) is 5.32 Å². The zero-order valence-electron chi connectivity index (χ0n) is 12.5. The summed E-state index contributed by atoms with van der Waals surface area (Å²) >= 11 is 0. The Balaban J connectivity index is 0.00000361. The molecule has 0 atom stereocenters. The predicted octanol–water partition coefficient (Wildman–Crippen LogP) is -0.405. The summed E-state index contributed by atoms with van der Waals surface area (Å²) in [5.41, 5.74) is 0. The Morgan fingerprint density at radius 3 is 2.35 bits per heavy atom. The summed E-state index contributed by atoms with van der Waals surface area (Å²) in [6, 6.07) is 0. The first kappa shape index (κ1) is 19.6. The third-order valence-corrected chi connectivity index (χ3v) is 5.54. The molecule has 1 aliphatic rings. The van der Waals surface area contributed by atoms with E-state index in [9.17, 15) is 13.2 Å². The van der Waals surface area contributed by atoms with Crippen molar-refractivity contribution in [3.63, 3.8) is 0 Å². The minimum atomic E-state index is -3.03. The third kappa shape index (κ3) is 6.39. The van der Waals surface area contributed by atoms with Gasteiger partial charge in [-0.25, -0.2) is 8.42 Å². The van der Waals surface area contributed by atoms with E-state index in [-0.39, 0.29) is 35.9 Å². The average Bonchev–Trinajstić information content (AvgIpc) is 2.37. The van der Waals surface area contributed by atoms with Crippen LogP contribution in [0.4, 0.5) is 0 Å². The number of rotatable bonds is 6. The van der Waals surface area contributed by atoms with E-state index >= 15 is 0 Å². The lowest BCUT2D eigenvalue weighted by atomic mass is 10.3. The molecule has 0 unspecified atom stereocenters. The Bertz CT molecular complexity index is 395. The van der Waals surface area contributed by atoms with Gasteiger partial charge in [0.25, 0.3) is 0 Å². The smallest absolute Gasteiger partial charge is 0.236 e. The Morgan fingerprint density at radius 1 is 1.30 bits per heavy atom. The number of amides is 1. The molecule has 1 N–H and O–H groups in total. The molecule has 1 fully saturated rings. The SMILES string of the molecule is CC(C)S(=O)(=O)CCN(C)CC(=O)N1CCNCC1.Cl. The lowest BCUT2D eigenvalue weighted by Crippen LogP contribution is -2.49. The van der Waals surface area contributed by atoms with Gasteiger partial charge in [-0.3, -0.25) is 9.69 Å². The van der Waals surface area contributed by atoms with Crippen LogP contribution in [0.1, 0.15) is 13.8 Å². The summed E-state index contributed by atoms with van der Waals surface area (Å²) in [6.07, 6.45) is 0. The molecule has 0 spiro atoms. The number of likely N-dealkylation sites (N-methyl/N-ethyl adjacent to an activating group) is 1. The van der Waals surface area contributed by atoms with Crippen molar-refractivity contribution >= 4 is 28.2 Å². The Labute approximate surface area is 128 Å². The van der Waals surface area contributed by atoms with Gasteiger partial charge in [-0.15, -0.1) is 12.4 Å². The van der Waals surface area contributed by atoms with Crippen LogP contribution in [0, 0.1) is 0 Å². The van der Waals surface area contributed by atoms with Crippen molar-refractivity contribution < 1.29 is 13.2 Å². The van der Waals surface area contributed by atoms with E-state index in [4.69, 9.17) is 0 Å². The largest absolute Gasteiger partial charge is 0.339 e. The second-order valence-corrected chi connectivity index (χ2v) is 7.96. The van der Waals surface area contributed by atoms with Gasteiger partial charge in [-0.2, -0.15) is 0 Å². The Morgan fingerprint density at radius 2 is 1.85 bits per heavy atom. The van der Waals surface area contributed by atoms with Gasteiger partial charge in [0.2, 0.25) is 5.91 Å². The molecule has 120 valence electrons. The molecular weight excluding hydrogens is 302 g/mol. The van der Waals surface area contributed by atoms with Crippen LogP contribution in [-0.4, -0.2) is 81.4 Å². The molecule has 1 saturated heterocycles. The van der Waals surface area contributed by atoms with Gasteiger partial charge in [0.1, 0.15) is 0 Å². The third-order valence-electron chi connectivity index (χ3n) is 3.35. The topological polar surface area (TPSA) is 69.7 Å². The minimum absolute atomic E-state index is 0. The average molecular weight is 328 g/mol. The number of carbonyl (C=O) groups is 1. The second kappa shape index (κ2) is 8.81. The number of carbonyl (C=O) groups excluding carboxylic acids is 1. The summed E-state index contributed by atoms with van der Waals surface area (Å²) in [7, 11) is -1.24. The second-order valence-electron chi connectivity index (χ2n) is 5.28. The number of nitrogens with zero attached hydrogens (tertiary/aromatic N) is 2. The molecule has 0 bridgehead atoms. The van der Waals surface area contributed by atoms with Crippen molar-refractivity contribution in [3.05, 3.63) is 0 Å². The zero-order chi connectivity index (χ0) is 14.5. The molecule has 0 saturated carbocycles. The molecule has 1 aliphatic heterocycles. The first-order chi connectivity index (χ1) is 8.83. The van der Waals surface area contributed by atoms with Crippen LogP contribution >= 0.6 is 12.4 Å². The molecule has 6 nitrogen and oxygen atoms in total. The highest BCUT2D eigenvalue weighted by Gasteiger charge is 2.20. The van der Waals surface area contributed by atoms with Crippen LogP contribution in [0.25, 0.3) is 0 Å². The number of sulfone groups is 1. The summed E-state index contributed by atoms with van der Waals surface area (Å²) in [6.45, 7) is 7.18. The van der Waals surface area contributed by atoms with Crippen LogP contribution in [0.5, 0.6) is 0 Å². The number of hydrogen-bond acceptors (Lipinski definition) is 5. The number of hydrogen-bond donors (Lipinski definition) is 1. The molecule has 0 aromatic rings. The zero-order valence-corrected chi connectivity index (χ0v) is 14.1. The maximum absolute atomic E-state index is 12.0. The van der Waals surface area contributed by atoms with Crippen LogP contribution in [0.15, 0.2) is 0 Å². The highest BCUT2D eigenvalue weighted by molar-refractivity contribution is 7.92. The van der Waals surface area contributed by atoms with Gasteiger partial charge in [0.15, 0.2) is 9.84 Å². The van der Waals surface area contributed by atoms with E-state index in [1.54, 1.807) is 25.8 Å². The molecule has 0 aromatic carbocycles. The molecule has 20 heavy (non-hydrogen) atoms. The summed E-state index contributed by atoms with van der Waals surface area (Å²) in [4.78, 5) is 15.6. The predicted molar refractivity (Wildman–Crippen MR) is 83.1 cm³/mol. The summed E-state index contributed by atoms with van der Waals surface area (Å²) in [5.74, 6) is 0.182. The van der Waals surface area contributed by atoms with Gasteiger partial charge in [-0.1, -0.05) is 0 Å². The monoisotopic (exact) mass is 327 g/mol. The summed E-state index contributed by atoms with van der Waals surface area (Å²) < 4.78 is 23.4. The van der Waals surface area contributed by atoms with E-state index < -0.39 is 9.84 Å². The molecule has 8 heteroatoms. The molecule has 1 heterocycles. The Kier molecular flexibility index (Phi) is 8.65. The molecule has 1 amide bonds. The summed E-state index contributed by atoms with van der Waals surface area (Å²) in [5, 5.41) is 2.84. The lowest BCUT2D eigenvalue weighted by molar-refractivity contribution is -0.132. The van der Waals surface area contributed by atoms with Crippen molar-refractivity contribution in [2.45, 2.75) is 19.1 Å². The van der Waals surface area contributed by atoms with Crippen LogP contribution in [0.3, 0.4) is 0 Å². The van der Waals surface area contributed by atoms with Gasteiger partial charge in [0, 0.05) is 32.7 Å². The fourth-order valence-electron chi connectivity index (χ4n) is 1.84. The van der Waals surface area contributed by atoms with Gasteiger partial charge < -0.3 is 10.2 Å². The van der Waals surface area contributed by atoms with Gasteiger partial charge in [0.05, 0.1) is 17.5 Å². The molecular formula is C12H26ClN3O3S. The van der Waals surface area contributed by atoms with Crippen molar-refractivity contribution in [1.29, 1.82) is 0 Å². The van der Waals surface area contributed by atoms with Crippen LogP contribution in [0.2, 0.25) is 0 Å². The lowest BCUT2D eigenvalue weighted by Gasteiger charge is -2.29. The van der Waals surface area contributed by atoms with Crippen molar-refractivity contribution in [2.24, 2.45) is 0 Å².